The number of β-lactam (4-membered cyclic amide) rings is 1. The van der Waals surface area contributed by atoms with Crippen LogP contribution in [0.5, 0.6) is 11.5 Å². The number of rotatable bonds is 7. The summed E-state index contributed by atoms with van der Waals surface area (Å²) in [4.78, 5) is 14.9. The molecule has 0 saturated carbocycles. The molecule has 6 heteroatoms. The van der Waals surface area contributed by atoms with E-state index < -0.39 is 23.9 Å². The van der Waals surface area contributed by atoms with Crippen molar-refractivity contribution in [3.63, 3.8) is 0 Å². The van der Waals surface area contributed by atoms with Crippen LogP contribution in [0.3, 0.4) is 0 Å². The maximum Gasteiger partial charge on any atom is 0.233 e. The first-order valence-electron chi connectivity index (χ1n) is 11.9. The molecule has 1 aliphatic rings. The molecule has 4 aromatic rings. The van der Waals surface area contributed by atoms with Crippen molar-refractivity contribution in [1.82, 2.24) is 0 Å². The molecule has 1 fully saturated rings. The molecule has 0 radical (unpaired) electrons. The maximum absolute atomic E-state index is 14.1. The van der Waals surface area contributed by atoms with Gasteiger partial charge in [0.15, 0.2) is 0 Å². The van der Waals surface area contributed by atoms with E-state index in [1.54, 1.807) is 53.4 Å². The molecule has 1 saturated heterocycles. The number of anilines is 1. The molecule has 0 aromatic heterocycles. The topological polar surface area (TPSA) is 81.0 Å². The second-order valence-electron chi connectivity index (χ2n) is 9.03. The van der Waals surface area contributed by atoms with Crippen molar-refractivity contribution < 1.29 is 24.5 Å². The molecular formula is C30H26FNO4. The van der Waals surface area contributed by atoms with Crippen LogP contribution >= 0.6 is 0 Å². The number of halogens is 1. The minimum absolute atomic E-state index is 0.0543. The van der Waals surface area contributed by atoms with Crippen LogP contribution in [0.25, 0.3) is 11.1 Å². The molecule has 5 nitrogen and oxygen atoms in total. The van der Waals surface area contributed by atoms with E-state index in [4.69, 9.17) is 0 Å². The van der Waals surface area contributed by atoms with Gasteiger partial charge in [-0.2, -0.15) is 0 Å². The van der Waals surface area contributed by atoms with Crippen molar-refractivity contribution in [2.24, 2.45) is 5.92 Å². The number of phenols is 2. The minimum atomic E-state index is -1.03. The Morgan fingerprint density at radius 1 is 0.833 bits per heavy atom. The summed E-state index contributed by atoms with van der Waals surface area (Å²) in [6.45, 7) is 0. The smallest absolute Gasteiger partial charge is 0.233 e. The zero-order valence-corrected chi connectivity index (χ0v) is 19.5. The number of phenolic OH excluding ortho intramolecular Hbond substituents is 2. The van der Waals surface area contributed by atoms with Crippen molar-refractivity contribution >= 4 is 11.6 Å². The second-order valence-corrected chi connectivity index (χ2v) is 9.03. The molecular weight excluding hydrogens is 457 g/mol. The van der Waals surface area contributed by atoms with Crippen molar-refractivity contribution in [3.8, 4) is 22.6 Å². The normalized spacial score (nSPS) is 18.1. The van der Waals surface area contributed by atoms with E-state index in [-0.39, 0.29) is 29.4 Å². The van der Waals surface area contributed by atoms with Crippen molar-refractivity contribution in [2.45, 2.75) is 25.0 Å². The Balaban J connectivity index is 1.43. The molecule has 3 atom stereocenters. The molecule has 1 amide bonds. The molecule has 1 heterocycles. The molecule has 0 bridgehead atoms. The van der Waals surface area contributed by atoms with Gasteiger partial charge < -0.3 is 20.2 Å². The third kappa shape index (κ3) is 4.43. The molecule has 4 aromatic carbocycles. The summed E-state index contributed by atoms with van der Waals surface area (Å²) in [5.74, 6) is -0.842. The summed E-state index contributed by atoms with van der Waals surface area (Å²) in [7, 11) is 0. The minimum Gasteiger partial charge on any atom is -0.508 e. The van der Waals surface area contributed by atoms with Crippen LogP contribution in [0.15, 0.2) is 97.1 Å². The third-order valence-corrected chi connectivity index (χ3v) is 6.81. The van der Waals surface area contributed by atoms with Gasteiger partial charge in [0.05, 0.1) is 18.1 Å². The van der Waals surface area contributed by atoms with Gasteiger partial charge in [0.1, 0.15) is 17.3 Å². The lowest BCUT2D eigenvalue weighted by molar-refractivity contribution is -0.131. The van der Waals surface area contributed by atoms with Gasteiger partial charge in [-0.05, 0) is 60.4 Å². The molecule has 5 rings (SSSR count). The summed E-state index contributed by atoms with van der Waals surface area (Å²) >= 11 is 0. The Labute approximate surface area is 208 Å². The van der Waals surface area contributed by atoms with Crippen LogP contribution in [0.4, 0.5) is 10.1 Å². The molecule has 1 aliphatic heterocycles. The van der Waals surface area contributed by atoms with Gasteiger partial charge in [-0.1, -0.05) is 60.7 Å². The summed E-state index contributed by atoms with van der Waals surface area (Å²) in [6, 6.07) is 26.9. The highest BCUT2D eigenvalue weighted by molar-refractivity contribution is 6.03. The number of aliphatic hydroxyl groups is 1. The fourth-order valence-corrected chi connectivity index (χ4v) is 4.93. The Kier molecular flexibility index (Phi) is 6.44. The Morgan fingerprint density at radius 3 is 2.19 bits per heavy atom. The van der Waals surface area contributed by atoms with E-state index in [1.165, 1.54) is 6.07 Å². The first-order valence-corrected chi connectivity index (χ1v) is 11.9. The zero-order valence-electron chi connectivity index (χ0n) is 19.5. The summed E-state index contributed by atoms with van der Waals surface area (Å²) in [5.41, 5.74) is 3.15. The summed E-state index contributed by atoms with van der Waals surface area (Å²) in [5, 5.41) is 31.2. The van der Waals surface area contributed by atoms with Gasteiger partial charge >= 0.3 is 0 Å². The number of carbonyl (C=O) groups is 1. The first kappa shape index (κ1) is 23.6. The van der Waals surface area contributed by atoms with Gasteiger partial charge in [0.2, 0.25) is 5.91 Å². The van der Waals surface area contributed by atoms with Crippen molar-refractivity contribution in [3.05, 3.63) is 114 Å². The molecule has 36 heavy (non-hydrogen) atoms. The number of aromatic hydroxyl groups is 2. The third-order valence-electron chi connectivity index (χ3n) is 6.81. The highest BCUT2D eigenvalue weighted by atomic mass is 19.1. The second kappa shape index (κ2) is 9.84. The van der Waals surface area contributed by atoms with E-state index in [9.17, 15) is 24.5 Å². The van der Waals surface area contributed by atoms with Gasteiger partial charge in [-0.3, -0.25) is 4.79 Å². The quantitative estimate of drug-likeness (QED) is 0.277. The largest absolute Gasteiger partial charge is 0.508 e. The predicted octanol–water partition coefficient (Wildman–Crippen LogP) is 6.12. The van der Waals surface area contributed by atoms with Crippen LogP contribution in [0.1, 0.15) is 36.1 Å². The highest BCUT2D eigenvalue weighted by Gasteiger charge is 2.49. The number of para-hydroxylation sites is 1. The van der Waals surface area contributed by atoms with Gasteiger partial charge in [-0.15, -0.1) is 0 Å². The van der Waals surface area contributed by atoms with Gasteiger partial charge in [0.25, 0.3) is 0 Å². The van der Waals surface area contributed by atoms with E-state index >= 15 is 0 Å². The fourth-order valence-electron chi connectivity index (χ4n) is 4.93. The first-order chi connectivity index (χ1) is 17.4. The molecule has 3 N–H and O–H groups in total. The van der Waals surface area contributed by atoms with Crippen LogP contribution in [-0.2, 0) is 4.79 Å². The lowest BCUT2D eigenvalue weighted by Gasteiger charge is -2.48. The van der Waals surface area contributed by atoms with E-state index in [0.717, 1.165) is 16.8 Å². The zero-order chi connectivity index (χ0) is 25.2. The standard InChI is InChI=1S/C30H26FNO4/c31-26-9-5-4-8-23(26)27(34)17-16-25-29(32(30(25)36)21-6-2-1-3-7-21)24-15-12-20(18-28(24)35)19-10-13-22(33)14-11-19/h1-15,18,25,27,29,33-35H,16-17H2/t25-,27+,29-/m1/s1. The van der Waals surface area contributed by atoms with Crippen LogP contribution < -0.4 is 4.90 Å². The molecule has 182 valence electrons. The number of benzene rings is 4. The van der Waals surface area contributed by atoms with E-state index in [1.807, 2.05) is 42.5 Å². The Bertz CT molecular complexity index is 1370. The number of hydrogen-bond donors (Lipinski definition) is 3. The van der Waals surface area contributed by atoms with E-state index in [2.05, 4.69) is 0 Å². The predicted molar refractivity (Wildman–Crippen MR) is 136 cm³/mol. The lowest BCUT2D eigenvalue weighted by atomic mass is 9.77. The van der Waals surface area contributed by atoms with Gasteiger partial charge in [0, 0.05) is 16.8 Å². The lowest BCUT2D eigenvalue weighted by Crippen LogP contribution is -2.55. The Morgan fingerprint density at radius 2 is 1.50 bits per heavy atom. The average molecular weight is 484 g/mol. The van der Waals surface area contributed by atoms with Crippen molar-refractivity contribution in [1.29, 1.82) is 0 Å². The number of aliphatic hydroxyl groups excluding tert-OH is 1. The summed E-state index contributed by atoms with van der Waals surface area (Å²) < 4.78 is 14.1. The number of carbonyl (C=O) groups excluding carboxylic acids is 1. The van der Waals surface area contributed by atoms with Gasteiger partial charge in [-0.25, -0.2) is 4.39 Å². The number of nitrogens with zero attached hydrogens (tertiary/aromatic N) is 1. The molecule has 0 spiro atoms. The number of amides is 1. The summed E-state index contributed by atoms with van der Waals surface area (Å²) in [6.07, 6.45) is -0.486. The fraction of sp³-hybridized carbons (Fsp3) is 0.167. The maximum atomic E-state index is 14.1. The van der Waals surface area contributed by atoms with Crippen LogP contribution in [-0.4, -0.2) is 21.2 Å². The highest BCUT2D eigenvalue weighted by Crippen LogP contribution is 2.49. The average Bonchev–Trinajstić information content (AvgIpc) is 2.89. The molecule has 0 aliphatic carbocycles. The van der Waals surface area contributed by atoms with Crippen molar-refractivity contribution in [2.75, 3.05) is 4.90 Å². The number of hydrogen-bond acceptors (Lipinski definition) is 4. The monoisotopic (exact) mass is 483 g/mol. The Hall–Kier alpha value is -4.16. The van der Waals surface area contributed by atoms with Crippen LogP contribution in [0.2, 0.25) is 0 Å². The van der Waals surface area contributed by atoms with Crippen LogP contribution in [0, 0.1) is 11.7 Å². The SMILES string of the molecule is O=C1[C@H](CC[C@H](O)c2ccccc2F)[C@@H](c2ccc(-c3ccc(O)cc3)cc2O)N1c1ccccc1. The van der Waals surface area contributed by atoms with E-state index in [0.29, 0.717) is 12.0 Å². The molecule has 0 unspecified atom stereocenters.